The molecule has 4 atom stereocenters. The zero-order chi connectivity index (χ0) is 13.2. The molecule has 7 nitrogen and oxygen atoms in total. The molecule has 1 aromatic heterocycles. The Kier molecular flexibility index (Phi) is 2.35. The predicted molar refractivity (Wildman–Crippen MR) is 62.8 cm³/mol. The minimum absolute atomic E-state index is 0.139. The van der Waals surface area contributed by atoms with Crippen LogP contribution in [-0.4, -0.2) is 42.2 Å². The summed E-state index contributed by atoms with van der Waals surface area (Å²) in [7, 11) is 1.36. The van der Waals surface area contributed by atoms with Gasteiger partial charge < -0.3 is 10.2 Å². The monoisotopic (exact) mass is 273 g/mol. The summed E-state index contributed by atoms with van der Waals surface area (Å²) in [6.07, 6.45) is -0.592. The zero-order valence-electron chi connectivity index (χ0n) is 9.52. The van der Waals surface area contributed by atoms with Crippen molar-refractivity contribution in [3.8, 4) is 0 Å². The van der Waals surface area contributed by atoms with Gasteiger partial charge in [0.2, 0.25) is 0 Å². The fourth-order valence-corrected chi connectivity index (χ4v) is 3.01. The van der Waals surface area contributed by atoms with E-state index in [9.17, 15) is 19.8 Å². The van der Waals surface area contributed by atoms with Gasteiger partial charge in [-0.3, -0.25) is 0 Å². The van der Waals surface area contributed by atoms with E-state index in [1.807, 2.05) is 0 Å². The standard InChI is InChI=1S/C10H12ClN3O4/c1-12-9(17)13-5-2-4(3-11)6(8(16)7(5)15)14(13)10(12)18/h2,5-8,15-16H,3H2,1H3. The highest BCUT2D eigenvalue weighted by Crippen LogP contribution is 2.39. The van der Waals surface area contributed by atoms with Crippen LogP contribution in [-0.2, 0) is 7.05 Å². The Balaban J connectivity index is 2.36. The Morgan fingerprint density at radius 2 is 1.83 bits per heavy atom. The lowest BCUT2D eigenvalue weighted by Gasteiger charge is -2.43. The van der Waals surface area contributed by atoms with Crippen molar-refractivity contribution in [3.05, 3.63) is 32.6 Å². The van der Waals surface area contributed by atoms with Gasteiger partial charge in [0.25, 0.3) is 0 Å². The first kappa shape index (κ1) is 11.8. The number of alkyl halides is 1. The molecule has 3 aliphatic rings. The molecule has 1 aromatic rings. The second-order valence-corrected chi connectivity index (χ2v) is 4.87. The van der Waals surface area contributed by atoms with Gasteiger partial charge in [0, 0.05) is 12.9 Å². The lowest BCUT2D eigenvalue weighted by molar-refractivity contribution is -0.0684. The number of aliphatic hydroxyl groups excluding tert-OH is 2. The van der Waals surface area contributed by atoms with Gasteiger partial charge >= 0.3 is 11.4 Å². The first-order valence-electron chi connectivity index (χ1n) is 5.51. The van der Waals surface area contributed by atoms with Crippen LogP contribution in [0, 0.1) is 0 Å². The zero-order valence-corrected chi connectivity index (χ0v) is 10.3. The number of aliphatic hydroxyl groups is 2. The Hall–Kier alpha value is -1.31. The van der Waals surface area contributed by atoms with E-state index in [4.69, 9.17) is 11.6 Å². The fourth-order valence-electron chi connectivity index (χ4n) is 2.76. The molecule has 0 radical (unpaired) electrons. The van der Waals surface area contributed by atoms with Gasteiger partial charge in [0.15, 0.2) is 0 Å². The molecule has 0 spiro atoms. The van der Waals surface area contributed by atoms with Crippen LogP contribution in [0.2, 0.25) is 0 Å². The molecule has 98 valence electrons. The van der Waals surface area contributed by atoms with Gasteiger partial charge in [-0.1, -0.05) is 6.08 Å². The molecule has 2 aliphatic heterocycles. The van der Waals surface area contributed by atoms with E-state index < -0.39 is 35.7 Å². The molecule has 0 saturated carbocycles. The molecule has 8 heteroatoms. The summed E-state index contributed by atoms with van der Waals surface area (Å²) in [5.74, 6) is 0.139. The summed E-state index contributed by atoms with van der Waals surface area (Å²) < 4.78 is 3.32. The third-order valence-electron chi connectivity index (χ3n) is 3.69. The van der Waals surface area contributed by atoms with Gasteiger partial charge in [-0.15, -0.1) is 11.6 Å². The molecular formula is C10H12ClN3O4. The number of fused-ring (bicyclic) bond motifs is 1. The van der Waals surface area contributed by atoms with Crippen molar-refractivity contribution in [1.29, 1.82) is 0 Å². The molecule has 0 saturated heterocycles. The van der Waals surface area contributed by atoms with Crippen LogP contribution in [0.15, 0.2) is 21.2 Å². The maximum Gasteiger partial charge on any atom is 0.347 e. The van der Waals surface area contributed by atoms with E-state index in [2.05, 4.69) is 0 Å². The van der Waals surface area contributed by atoms with E-state index in [1.54, 1.807) is 6.08 Å². The van der Waals surface area contributed by atoms with Crippen LogP contribution in [0.25, 0.3) is 0 Å². The molecule has 1 aliphatic carbocycles. The van der Waals surface area contributed by atoms with Crippen molar-refractivity contribution >= 4 is 11.6 Å². The van der Waals surface area contributed by atoms with Crippen molar-refractivity contribution in [2.75, 3.05) is 5.88 Å². The third kappa shape index (κ3) is 1.16. The SMILES string of the molecule is Cn1c(=O)n2n(c1=O)C1C(CCl)=CC2C(O)C1O. The molecular weight excluding hydrogens is 262 g/mol. The third-order valence-corrected chi connectivity index (χ3v) is 3.99. The largest absolute Gasteiger partial charge is 0.388 e. The van der Waals surface area contributed by atoms with Crippen LogP contribution >= 0.6 is 11.6 Å². The number of hydrogen-bond donors (Lipinski definition) is 2. The van der Waals surface area contributed by atoms with Crippen molar-refractivity contribution in [2.45, 2.75) is 24.3 Å². The second-order valence-electron chi connectivity index (χ2n) is 4.61. The molecule has 0 amide bonds. The van der Waals surface area contributed by atoms with E-state index >= 15 is 0 Å². The number of hydrogen-bond acceptors (Lipinski definition) is 4. The minimum Gasteiger partial charge on any atom is -0.388 e. The summed E-state index contributed by atoms with van der Waals surface area (Å²) in [6, 6.07) is -1.52. The van der Waals surface area contributed by atoms with Crippen molar-refractivity contribution in [1.82, 2.24) is 13.9 Å². The first-order chi connectivity index (χ1) is 8.49. The Labute approximate surface area is 106 Å². The van der Waals surface area contributed by atoms with Gasteiger partial charge in [0.1, 0.15) is 24.3 Å². The molecule has 0 fully saturated rings. The van der Waals surface area contributed by atoms with Crippen LogP contribution in [0.3, 0.4) is 0 Å². The van der Waals surface area contributed by atoms with Gasteiger partial charge in [-0.05, 0) is 5.57 Å². The lowest BCUT2D eigenvalue weighted by Crippen LogP contribution is -2.56. The van der Waals surface area contributed by atoms with Gasteiger partial charge in [-0.25, -0.2) is 23.5 Å². The number of rotatable bonds is 1. The average molecular weight is 274 g/mol. The number of halogens is 1. The molecule has 0 aromatic carbocycles. The molecule has 3 heterocycles. The van der Waals surface area contributed by atoms with Crippen molar-refractivity contribution in [3.63, 3.8) is 0 Å². The summed E-state index contributed by atoms with van der Waals surface area (Å²) in [5.41, 5.74) is -0.380. The fraction of sp³-hybridized carbons (Fsp3) is 0.600. The Morgan fingerprint density at radius 1 is 1.22 bits per heavy atom. The van der Waals surface area contributed by atoms with E-state index in [-0.39, 0.29) is 5.88 Å². The highest BCUT2D eigenvalue weighted by molar-refractivity contribution is 6.19. The van der Waals surface area contributed by atoms with Crippen LogP contribution < -0.4 is 11.4 Å². The minimum atomic E-state index is -1.13. The van der Waals surface area contributed by atoms with Gasteiger partial charge in [0.05, 0.1) is 0 Å². The molecule has 18 heavy (non-hydrogen) atoms. The van der Waals surface area contributed by atoms with E-state index in [0.29, 0.717) is 5.57 Å². The van der Waals surface area contributed by atoms with E-state index in [1.165, 1.54) is 16.4 Å². The van der Waals surface area contributed by atoms with Crippen molar-refractivity contribution in [2.24, 2.45) is 7.05 Å². The summed E-state index contributed by atoms with van der Waals surface area (Å²) in [5, 5.41) is 19.9. The lowest BCUT2D eigenvalue weighted by atomic mass is 9.85. The molecule has 2 N–H and O–H groups in total. The number of aromatic nitrogens is 3. The van der Waals surface area contributed by atoms with Crippen molar-refractivity contribution < 1.29 is 10.2 Å². The molecule has 4 rings (SSSR count). The highest BCUT2D eigenvalue weighted by Gasteiger charge is 2.48. The van der Waals surface area contributed by atoms with Crippen LogP contribution in [0.4, 0.5) is 0 Å². The number of nitrogens with zero attached hydrogens (tertiary/aromatic N) is 3. The maximum atomic E-state index is 12.0. The molecule has 4 unspecified atom stereocenters. The Morgan fingerprint density at radius 3 is 2.44 bits per heavy atom. The summed E-state index contributed by atoms with van der Waals surface area (Å²) in [4.78, 5) is 23.9. The molecule has 2 bridgehead atoms. The Bertz CT molecular complexity index is 655. The summed E-state index contributed by atoms with van der Waals surface area (Å²) >= 11 is 5.78. The maximum absolute atomic E-state index is 12.0. The van der Waals surface area contributed by atoms with Gasteiger partial charge in [-0.2, -0.15) is 0 Å². The summed E-state index contributed by atoms with van der Waals surface area (Å²) in [6.45, 7) is 0. The second kappa shape index (κ2) is 3.59. The smallest absolute Gasteiger partial charge is 0.347 e. The predicted octanol–water partition coefficient (Wildman–Crippen LogP) is -1.66. The first-order valence-corrected chi connectivity index (χ1v) is 6.05. The highest BCUT2D eigenvalue weighted by atomic mass is 35.5. The van der Waals surface area contributed by atoms with Crippen LogP contribution in [0.1, 0.15) is 12.1 Å². The topological polar surface area (TPSA) is 89.4 Å². The quantitative estimate of drug-likeness (QED) is 0.474. The average Bonchev–Trinajstić information content (AvgIpc) is 2.60. The van der Waals surface area contributed by atoms with E-state index in [0.717, 1.165) is 4.57 Å². The normalized spacial score (nSPS) is 33.4. The van der Waals surface area contributed by atoms with Crippen LogP contribution in [0.5, 0.6) is 0 Å².